The maximum absolute atomic E-state index is 13.4. The van der Waals surface area contributed by atoms with E-state index in [9.17, 15) is 14.0 Å². The molecular formula is C13H13FO4. The van der Waals surface area contributed by atoms with Crippen molar-refractivity contribution in [1.29, 1.82) is 0 Å². The van der Waals surface area contributed by atoms with Gasteiger partial charge in [0.1, 0.15) is 12.2 Å². The largest absolute Gasteiger partial charge is 0.467 e. The van der Waals surface area contributed by atoms with Crippen LogP contribution in [0, 0.1) is 0 Å². The van der Waals surface area contributed by atoms with E-state index in [0.29, 0.717) is 5.56 Å². The molecule has 0 radical (unpaired) electrons. The number of rotatable bonds is 5. The van der Waals surface area contributed by atoms with Crippen molar-refractivity contribution in [1.82, 2.24) is 0 Å². The molecule has 1 aromatic carbocycles. The summed E-state index contributed by atoms with van der Waals surface area (Å²) in [6.07, 6.45) is -1.61. The first kappa shape index (κ1) is 12.7. The van der Waals surface area contributed by atoms with Crippen LogP contribution >= 0.6 is 0 Å². The lowest BCUT2D eigenvalue weighted by atomic mass is 10.0. The maximum Gasteiger partial charge on any atom is 0.340 e. The Morgan fingerprint density at radius 2 is 2.39 bits per heavy atom. The summed E-state index contributed by atoms with van der Waals surface area (Å²) in [5.41, 5.74) is 1.49. The molecule has 0 bridgehead atoms. The second-order valence-electron chi connectivity index (χ2n) is 4.10. The molecule has 18 heavy (non-hydrogen) atoms. The number of ether oxygens (including phenoxy) is 2. The molecule has 0 saturated carbocycles. The molecule has 0 N–H and O–H groups in total. The van der Waals surface area contributed by atoms with Gasteiger partial charge in [0, 0.05) is 6.42 Å². The molecule has 0 aliphatic carbocycles. The highest BCUT2D eigenvalue weighted by atomic mass is 19.1. The summed E-state index contributed by atoms with van der Waals surface area (Å²) >= 11 is 0. The third kappa shape index (κ3) is 2.73. The Morgan fingerprint density at radius 3 is 3.00 bits per heavy atom. The summed E-state index contributed by atoms with van der Waals surface area (Å²) in [6.45, 7) is 0. The van der Waals surface area contributed by atoms with Gasteiger partial charge in [-0.25, -0.2) is 9.18 Å². The zero-order valence-electron chi connectivity index (χ0n) is 9.84. The van der Waals surface area contributed by atoms with Gasteiger partial charge in [-0.3, -0.25) is 0 Å². The van der Waals surface area contributed by atoms with Crippen molar-refractivity contribution in [3.8, 4) is 0 Å². The summed E-state index contributed by atoms with van der Waals surface area (Å²) in [6, 6.07) is 7.02. The third-order valence-electron chi connectivity index (χ3n) is 2.81. The fourth-order valence-electron chi connectivity index (χ4n) is 1.81. The van der Waals surface area contributed by atoms with Gasteiger partial charge in [-0.2, -0.15) is 0 Å². The van der Waals surface area contributed by atoms with Crippen molar-refractivity contribution in [3.63, 3.8) is 0 Å². The molecule has 1 aliphatic heterocycles. The van der Waals surface area contributed by atoms with E-state index in [1.165, 1.54) is 0 Å². The maximum atomic E-state index is 13.4. The second-order valence-corrected chi connectivity index (χ2v) is 4.10. The number of halogens is 1. The Labute approximate surface area is 104 Å². The van der Waals surface area contributed by atoms with E-state index in [1.807, 2.05) is 6.07 Å². The smallest absolute Gasteiger partial charge is 0.340 e. The number of hydrogen-bond donors (Lipinski definition) is 0. The van der Waals surface area contributed by atoms with Gasteiger partial charge in [-0.15, -0.1) is 0 Å². The second kappa shape index (κ2) is 5.27. The van der Waals surface area contributed by atoms with E-state index < -0.39 is 18.2 Å². The average Bonchev–Trinajstić information content (AvgIpc) is 3.17. The molecule has 1 heterocycles. The van der Waals surface area contributed by atoms with Gasteiger partial charge in [0.25, 0.3) is 0 Å². The van der Waals surface area contributed by atoms with Gasteiger partial charge in [0.15, 0.2) is 6.29 Å². The highest BCUT2D eigenvalue weighted by Gasteiger charge is 2.39. The lowest BCUT2D eigenvalue weighted by molar-refractivity contribution is -0.146. The van der Waals surface area contributed by atoms with Gasteiger partial charge in [0.2, 0.25) is 6.17 Å². The number of benzene rings is 1. The van der Waals surface area contributed by atoms with Gasteiger partial charge < -0.3 is 14.3 Å². The van der Waals surface area contributed by atoms with Crippen molar-refractivity contribution < 1.29 is 23.5 Å². The number of alkyl halides is 1. The van der Waals surface area contributed by atoms with Crippen LogP contribution in [0.4, 0.5) is 4.39 Å². The van der Waals surface area contributed by atoms with Crippen LogP contribution in [0.3, 0.4) is 0 Å². The zero-order chi connectivity index (χ0) is 13.1. The van der Waals surface area contributed by atoms with Crippen LogP contribution in [0.1, 0.15) is 17.2 Å². The fourth-order valence-corrected chi connectivity index (χ4v) is 1.81. The number of hydrogen-bond acceptors (Lipinski definition) is 4. The van der Waals surface area contributed by atoms with Crippen molar-refractivity contribution in [3.05, 3.63) is 35.4 Å². The molecule has 3 unspecified atom stereocenters. The summed E-state index contributed by atoms with van der Waals surface area (Å²) in [7, 11) is 1.15. The molecule has 4 nitrogen and oxygen atoms in total. The van der Waals surface area contributed by atoms with E-state index in [2.05, 4.69) is 4.74 Å². The van der Waals surface area contributed by atoms with Crippen LogP contribution in [0.15, 0.2) is 24.3 Å². The first-order chi connectivity index (χ1) is 8.65. The number of aldehydes is 1. The quantitative estimate of drug-likeness (QED) is 0.451. The molecule has 5 heteroatoms. The van der Waals surface area contributed by atoms with E-state index in [4.69, 9.17) is 4.74 Å². The third-order valence-corrected chi connectivity index (χ3v) is 2.81. The van der Waals surface area contributed by atoms with E-state index in [-0.39, 0.29) is 12.5 Å². The molecule has 1 aliphatic rings. The first-order valence-electron chi connectivity index (χ1n) is 5.57. The summed E-state index contributed by atoms with van der Waals surface area (Å²) in [5, 5.41) is 0. The first-order valence-corrected chi connectivity index (χ1v) is 5.57. The van der Waals surface area contributed by atoms with Gasteiger partial charge in [-0.1, -0.05) is 24.3 Å². The Bertz CT molecular complexity index is 460. The van der Waals surface area contributed by atoms with Gasteiger partial charge in [0.05, 0.1) is 7.11 Å². The van der Waals surface area contributed by atoms with Crippen LogP contribution in [-0.2, 0) is 25.5 Å². The van der Waals surface area contributed by atoms with Gasteiger partial charge in [-0.05, 0) is 11.1 Å². The summed E-state index contributed by atoms with van der Waals surface area (Å²) in [5.74, 6) is -0.881. The molecule has 1 saturated heterocycles. The monoisotopic (exact) mass is 252 g/mol. The molecule has 1 aromatic rings. The fraction of sp³-hybridized carbons (Fsp3) is 0.385. The van der Waals surface area contributed by atoms with Crippen LogP contribution in [-0.4, -0.2) is 31.6 Å². The normalized spacial score (nSPS) is 23.2. The molecule has 1 fully saturated rings. The number of esters is 1. The SMILES string of the molecule is COC(=O)C(F)Cc1cccc(C2OC2C=O)c1. The van der Waals surface area contributed by atoms with E-state index in [1.54, 1.807) is 18.2 Å². The van der Waals surface area contributed by atoms with E-state index in [0.717, 1.165) is 19.0 Å². The van der Waals surface area contributed by atoms with Crippen molar-refractivity contribution in [2.24, 2.45) is 0 Å². The van der Waals surface area contributed by atoms with Crippen molar-refractivity contribution in [2.75, 3.05) is 7.11 Å². The van der Waals surface area contributed by atoms with Crippen molar-refractivity contribution >= 4 is 12.3 Å². The molecule has 96 valence electrons. The zero-order valence-corrected chi connectivity index (χ0v) is 9.84. The minimum atomic E-state index is -1.67. The van der Waals surface area contributed by atoms with Crippen molar-refractivity contribution in [2.45, 2.75) is 24.8 Å². The lowest BCUT2D eigenvalue weighted by Crippen LogP contribution is -2.19. The standard InChI is InChI=1S/C13H13FO4/c1-17-13(16)10(14)6-8-3-2-4-9(5-8)12-11(7-15)18-12/h2-5,7,10-12H,6H2,1H3. The predicted molar refractivity (Wildman–Crippen MR) is 60.7 cm³/mol. The van der Waals surface area contributed by atoms with E-state index >= 15 is 0 Å². The highest BCUT2D eigenvalue weighted by Crippen LogP contribution is 2.37. The molecule has 3 atom stereocenters. The number of methoxy groups -OCH3 is 1. The van der Waals surface area contributed by atoms with Crippen LogP contribution in [0.2, 0.25) is 0 Å². The Morgan fingerprint density at radius 1 is 1.61 bits per heavy atom. The van der Waals surface area contributed by atoms with Gasteiger partial charge >= 0.3 is 5.97 Å². The van der Waals surface area contributed by atoms with Crippen LogP contribution in [0.25, 0.3) is 0 Å². The highest BCUT2D eigenvalue weighted by molar-refractivity contribution is 5.74. The molecule has 0 spiro atoms. The molecule has 0 aromatic heterocycles. The topological polar surface area (TPSA) is 55.9 Å². The summed E-state index contributed by atoms with van der Waals surface area (Å²) in [4.78, 5) is 21.5. The minimum absolute atomic E-state index is 0.0427. The lowest BCUT2D eigenvalue weighted by Gasteiger charge is -2.07. The average molecular weight is 252 g/mol. The Balaban J connectivity index is 2.04. The summed E-state index contributed by atoms with van der Waals surface area (Å²) < 4.78 is 22.9. The Hall–Kier alpha value is -1.75. The van der Waals surface area contributed by atoms with Crippen LogP contribution in [0.5, 0.6) is 0 Å². The molecule has 2 rings (SSSR count). The minimum Gasteiger partial charge on any atom is -0.467 e. The molecule has 0 amide bonds. The molecular weight excluding hydrogens is 239 g/mol. The predicted octanol–water partition coefficient (Wildman–Crippen LogP) is 1.38. The number of epoxide rings is 1. The van der Waals surface area contributed by atoms with Crippen LogP contribution < -0.4 is 0 Å². The Kier molecular flexibility index (Phi) is 3.72. The number of carbonyl (C=O) groups excluding carboxylic acids is 2. The number of carbonyl (C=O) groups is 2.